The van der Waals surface area contributed by atoms with Crippen molar-refractivity contribution in [3.63, 3.8) is 0 Å². The standard InChI is InChI=1S/C20H23F3N2O3/c1-19(2,3)28-17(26)9-10-24-15-11-16(20(21,22)23)18(25-12-15)27-13-14-7-5-4-6-8-14/h4-8,11-12,24H,9-10,13H2,1-3H3. The van der Waals surface area contributed by atoms with Crippen LogP contribution in [0.15, 0.2) is 42.6 Å². The van der Waals surface area contributed by atoms with E-state index in [0.29, 0.717) is 0 Å². The summed E-state index contributed by atoms with van der Waals surface area (Å²) in [6, 6.07) is 9.77. The lowest BCUT2D eigenvalue weighted by molar-refractivity contribution is -0.154. The number of nitrogens with zero attached hydrogens (tertiary/aromatic N) is 1. The second-order valence-corrected chi connectivity index (χ2v) is 7.11. The molecule has 0 unspecified atom stereocenters. The summed E-state index contributed by atoms with van der Waals surface area (Å²) in [6.07, 6.45) is -3.36. The van der Waals surface area contributed by atoms with Crippen LogP contribution in [0, 0.1) is 0 Å². The zero-order valence-corrected chi connectivity index (χ0v) is 16.0. The van der Waals surface area contributed by atoms with Gasteiger partial charge in [-0.3, -0.25) is 4.79 Å². The molecule has 152 valence electrons. The van der Waals surface area contributed by atoms with Gasteiger partial charge in [0.2, 0.25) is 5.88 Å². The fraction of sp³-hybridized carbons (Fsp3) is 0.400. The Labute approximate surface area is 161 Å². The van der Waals surface area contributed by atoms with E-state index >= 15 is 0 Å². The first kappa shape index (κ1) is 21.5. The van der Waals surface area contributed by atoms with Crippen molar-refractivity contribution in [3.8, 4) is 5.88 Å². The average molecular weight is 396 g/mol. The number of ether oxygens (including phenoxy) is 2. The topological polar surface area (TPSA) is 60.5 Å². The van der Waals surface area contributed by atoms with Crippen LogP contribution in [0.1, 0.15) is 38.3 Å². The number of hydrogen-bond donors (Lipinski definition) is 1. The smallest absolute Gasteiger partial charge is 0.421 e. The number of benzene rings is 1. The Hall–Kier alpha value is -2.77. The molecule has 1 N–H and O–H groups in total. The van der Waals surface area contributed by atoms with E-state index in [4.69, 9.17) is 9.47 Å². The quantitative estimate of drug-likeness (QED) is 0.680. The number of esters is 1. The van der Waals surface area contributed by atoms with Crippen LogP contribution in [-0.2, 0) is 22.3 Å². The molecule has 2 rings (SSSR count). The molecule has 0 radical (unpaired) electrons. The summed E-state index contributed by atoms with van der Waals surface area (Å²) in [6.45, 7) is 5.32. The van der Waals surface area contributed by atoms with E-state index in [1.165, 1.54) is 6.20 Å². The zero-order valence-electron chi connectivity index (χ0n) is 16.0. The predicted octanol–water partition coefficient (Wildman–Crippen LogP) is 4.82. The number of alkyl halides is 3. The van der Waals surface area contributed by atoms with Crippen LogP contribution in [0.25, 0.3) is 0 Å². The third kappa shape index (κ3) is 7.09. The van der Waals surface area contributed by atoms with E-state index < -0.39 is 29.2 Å². The fourth-order valence-electron chi connectivity index (χ4n) is 2.29. The maximum Gasteiger partial charge on any atom is 0.421 e. The number of halogens is 3. The lowest BCUT2D eigenvalue weighted by atomic mass is 10.2. The first-order valence-corrected chi connectivity index (χ1v) is 8.74. The molecule has 1 aromatic heterocycles. The van der Waals surface area contributed by atoms with Gasteiger partial charge in [-0.15, -0.1) is 0 Å². The van der Waals surface area contributed by atoms with Crippen molar-refractivity contribution in [1.82, 2.24) is 4.98 Å². The minimum Gasteiger partial charge on any atom is -0.472 e. The summed E-state index contributed by atoms with van der Waals surface area (Å²) in [5.74, 6) is -0.930. The second kappa shape index (κ2) is 8.95. The summed E-state index contributed by atoms with van der Waals surface area (Å²) in [5.41, 5.74) is -0.717. The summed E-state index contributed by atoms with van der Waals surface area (Å²) < 4.78 is 50.5. The van der Waals surface area contributed by atoms with E-state index in [1.807, 2.05) is 0 Å². The Kier molecular flexibility index (Phi) is 6.88. The fourth-order valence-corrected chi connectivity index (χ4v) is 2.29. The third-order valence-electron chi connectivity index (χ3n) is 3.45. The second-order valence-electron chi connectivity index (χ2n) is 7.11. The van der Waals surface area contributed by atoms with Gasteiger partial charge in [0.05, 0.1) is 18.3 Å². The van der Waals surface area contributed by atoms with Gasteiger partial charge >= 0.3 is 12.1 Å². The van der Waals surface area contributed by atoms with Gasteiger partial charge in [-0.1, -0.05) is 30.3 Å². The lowest BCUT2D eigenvalue weighted by Gasteiger charge is -2.19. The van der Waals surface area contributed by atoms with E-state index in [0.717, 1.165) is 11.6 Å². The molecule has 0 saturated carbocycles. The van der Waals surface area contributed by atoms with Gasteiger partial charge < -0.3 is 14.8 Å². The predicted molar refractivity (Wildman–Crippen MR) is 99.0 cm³/mol. The zero-order chi connectivity index (χ0) is 20.8. The monoisotopic (exact) mass is 396 g/mol. The molecule has 1 heterocycles. The Balaban J connectivity index is 2.02. The largest absolute Gasteiger partial charge is 0.472 e. The molecule has 2 aromatic rings. The molecule has 0 aliphatic heterocycles. The molecular weight excluding hydrogens is 373 g/mol. The number of aromatic nitrogens is 1. The van der Waals surface area contributed by atoms with Crippen LogP contribution in [0.4, 0.5) is 18.9 Å². The number of carbonyl (C=O) groups excluding carboxylic acids is 1. The van der Waals surface area contributed by atoms with Crippen molar-refractivity contribution in [1.29, 1.82) is 0 Å². The van der Waals surface area contributed by atoms with Crippen molar-refractivity contribution < 1.29 is 27.4 Å². The van der Waals surface area contributed by atoms with Gasteiger partial charge in [0.25, 0.3) is 0 Å². The summed E-state index contributed by atoms with van der Waals surface area (Å²) in [5, 5.41) is 2.76. The molecule has 0 amide bonds. The highest BCUT2D eigenvalue weighted by molar-refractivity contribution is 5.70. The highest BCUT2D eigenvalue weighted by Gasteiger charge is 2.35. The molecule has 28 heavy (non-hydrogen) atoms. The highest BCUT2D eigenvalue weighted by atomic mass is 19.4. The van der Waals surface area contributed by atoms with Crippen LogP contribution in [0.2, 0.25) is 0 Å². The third-order valence-corrected chi connectivity index (χ3v) is 3.45. The van der Waals surface area contributed by atoms with Crippen molar-refractivity contribution in [2.45, 2.75) is 45.6 Å². The van der Waals surface area contributed by atoms with E-state index in [2.05, 4.69) is 10.3 Å². The molecule has 5 nitrogen and oxygen atoms in total. The SMILES string of the molecule is CC(C)(C)OC(=O)CCNc1cnc(OCc2ccccc2)c(C(F)(F)F)c1. The van der Waals surface area contributed by atoms with E-state index in [-0.39, 0.29) is 25.3 Å². The van der Waals surface area contributed by atoms with Crippen LogP contribution in [0.5, 0.6) is 5.88 Å². The number of nitrogens with one attached hydrogen (secondary N) is 1. The van der Waals surface area contributed by atoms with Gasteiger partial charge in [0, 0.05) is 6.54 Å². The van der Waals surface area contributed by atoms with Crippen LogP contribution >= 0.6 is 0 Å². The number of rotatable bonds is 7. The van der Waals surface area contributed by atoms with Crippen molar-refractivity contribution >= 4 is 11.7 Å². The molecule has 8 heteroatoms. The minimum atomic E-state index is -4.62. The molecule has 1 aromatic carbocycles. The molecular formula is C20H23F3N2O3. The van der Waals surface area contributed by atoms with Gasteiger partial charge in [-0.2, -0.15) is 13.2 Å². The molecule has 0 aliphatic carbocycles. The molecule has 0 saturated heterocycles. The van der Waals surface area contributed by atoms with Crippen LogP contribution in [-0.4, -0.2) is 23.1 Å². The normalized spacial score (nSPS) is 11.8. The average Bonchev–Trinajstić information content (AvgIpc) is 2.59. The maximum atomic E-state index is 13.4. The molecule has 0 bridgehead atoms. The number of pyridine rings is 1. The number of anilines is 1. The first-order valence-electron chi connectivity index (χ1n) is 8.74. The van der Waals surface area contributed by atoms with Gasteiger partial charge in [-0.25, -0.2) is 4.98 Å². The molecule has 0 atom stereocenters. The van der Waals surface area contributed by atoms with Crippen molar-refractivity contribution in [2.24, 2.45) is 0 Å². The summed E-state index contributed by atoms with van der Waals surface area (Å²) in [7, 11) is 0. The van der Waals surface area contributed by atoms with Gasteiger partial charge in [-0.05, 0) is 32.4 Å². The Morgan fingerprint density at radius 3 is 2.43 bits per heavy atom. The number of hydrogen-bond acceptors (Lipinski definition) is 5. The highest BCUT2D eigenvalue weighted by Crippen LogP contribution is 2.36. The van der Waals surface area contributed by atoms with Crippen molar-refractivity contribution in [3.05, 3.63) is 53.7 Å². The number of carbonyl (C=O) groups is 1. The maximum absolute atomic E-state index is 13.4. The summed E-state index contributed by atoms with van der Waals surface area (Å²) >= 11 is 0. The lowest BCUT2D eigenvalue weighted by Crippen LogP contribution is -2.25. The van der Waals surface area contributed by atoms with Gasteiger partial charge in [0.15, 0.2) is 0 Å². The molecule has 0 fully saturated rings. The Morgan fingerprint density at radius 1 is 1.14 bits per heavy atom. The molecule has 0 spiro atoms. The Bertz CT molecular complexity index is 788. The minimum absolute atomic E-state index is 0.0187. The Morgan fingerprint density at radius 2 is 1.82 bits per heavy atom. The van der Waals surface area contributed by atoms with Crippen molar-refractivity contribution in [2.75, 3.05) is 11.9 Å². The van der Waals surface area contributed by atoms with Gasteiger partial charge in [0.1, 0.15) is 17.8 Å². The summed E-state index contributed by atoms with van der Waals surface area (Å²) in [4.78, 5) is 15.5. The van der Waals surface area contributed by atoms with E-state index in [9.17, 15) is 18.0 Å². The van der Waals surface area contributed by atoms with Crippen LogP contribution < -0.4 is 10.1 Å². The first-order chi connectivity index (χ1) is 13.0. The van der Waals surface area contributed by atoms with Crippen LogP contribution in [0.3, 0.4) is 0 Å². The molecule has 0 aliphatic rings. The van der Waals surface area contributed by atoms with E-state index in [1.54, 1.807) is 51.1 Å².